The van der Waals surface area contributed by atoms with Gasteiger partial charge in [-0.25, -0.2) is 0 Å². The van der Waals surface area contributed by atoms with E-state index in [1.165, 1.54) is 11.1 Å². The van der Waals surface area contributed by atoms with Gasteiger partial charge in [0.05, 0.1) is 5.92 Å². The molecule has 1 aliphatic carbocycles. The van der Waals surface area contributed by atoms with Crippen LogP contribution in [0.5, 0.6) is 0 Å². The molecule has 0 aliphatic heterocycles. The van der Waals surface area contributed by atoms with Crippen molar-refractivity contribution in [1.82, 2.24) is 15.5 Å². The first-order valence-electron chi connectivity index (χ1n) is 7.85. The lowest BCUT2D eigenvalue weighted by molar-refractivity contribution is 0.329. The fourth-order valence-electron chi connectivity index (χ4n) is 3.11. The van der Waals surface area contributed by atoms with Crippen LogP contribution in [0.1, 0.15) is 61.9 Å². The smallest absolute Gasteiger partial charge is 0.231 e. The van der Waals surface area contributed by atoms with Crippen molar-refractivity contribution in [3.63, 3.8) is 0 Å². The average molecular weight is 285 g/mol. The van der Waals surface area contributed by atoms with Crippen LogP contribution >= 0.6 is 0 Å². The van der Waals surface area contributed by atoms with Gasteiger partial charge in [0.2, 0.25) is 5.89 Å². The van der Waals surface area contributed by atoms with Crippen molar-refractivity contribution < 1.29 is 4.52 Å². The molecular weight excluding hydrogens is 262 g/mol. The van der Waals surface area contributed by atoms with Gasteiger partial charge in [0.25, 0.3) is 0 Å². The van der Waals surface area contributed by atoms with E-state index in [9.17, 15) is 0 Å². The first-order chi connectivity index (χ1) is 10.2. The molecule has 0 saturated heterocycles. The monoisotopic (exact) mass is 285 g/mol. The van der Waals surface area contributed by atoms with Crippen molar-refractivity contribution in [2.24, 2.45) is 0 Å². The summed E-state index contributed by atoms with van der Waals surface area (Å²) in [7, 11) is 0. The summed E-state index contributed by atoms with van der Waals surface area (Å²) in [6.07, 6.45) is 2.18. The van der Waals surface area contributed by atoms with Crippen molar-refractivity contribution >= 4 is 0 Å². The SMILES string of the molecule is CCNC(C)C(C)c1nc(C2CCc3ccccc32)no1. The van der Waals surface area contributed by atoms with Gasteiger partial charge in [0.1, 0.15) is 0 Å². The molecule has 0 saturated carbocycles. The number of fused-ring (bicyclic) bond motifs is 1. The van der Waals surface area contributed by atoms with Crippen molar-refractivity contribution in [2.45, 2.75) is 51.5 Å². The maximum atomic E-state index is 5.52. The molecule has 0 amide bonds. The van der Waals surface area contributed by atoms with Gasteiger partial charge >= 0.3 is 0 Å². The van der Waals surface area contributed by atoms with Gasteiger partial charge < -0.3 is 9.84 Å². The fourth-order valence-corrected chi connectivity index (χ4v) is 3.11. The van der Waals surface area contributed by atoms with E-state index in [1.807, 2.05) is 0 Å². The van der Waals surface area contributed by atoms with Gasteiger partial charge in [0, 0.05) is 12.0 Å². The molecule has 1 heterocycles. The number of aryl methyl sites for hydroxylation is 1. The summed E-state index contributed by atoms with van der Waals surface area (Å²) < 4.78 is 5.52. The van der Waals surface area contributed by atoms with Crippen LogP contribution in [-0.2, 0) is 6.42 Å². The molecule has 0 radical (unpaired) electrons. The van der Waals surface area contributed by atoms with Crippen LogP contribution in [0.4, 0.5) is 0 Å². The third-order valence-electron chi connectivity index (χ3n) is 4.57. The van der Waals surface area contributed by atoms with E-state index in [0.717, 1.165) is 31.1 Å². The number of nitrogens with zero attached hydrogens (tertiary/aromatic N) is 2. The lowest BCUT2D eigenvalue weighted by atomic mass is 10.0. The molecule has 3 unspecified atom stereocenters. The number of benzene rings is 1. The van der Waals surface area contributed by atoms with E-state index in [1.54, 1.807) is 0 Å². The van der Waals surface area contributed by atoms with Crippen LogP contribution < -0.4 is 5.32 Å². The Balaban J connectivity index is 1.80. The van der Waals surface area contributed by atoms with Gasteiger partial charge in [-0.3, -0.25) is 0 Å². The van der Waals surface area contributed by atoms with Gasteiger partial charge in [-0.1, -0.05) is 43.3 Å². The highest BCUT2D eigenvalue weighted by Crippen LogP contribution is 2.36. The van der Waals surface area contributed by atoms with E-state index in [0.29, 0.717) is 12.0 Å². The highest BCUT2D eigenvalue weighted by Gasteiger charge is 2.29. The van der Waals surface area contributed by atoms with E-state index >= 15 is 0 Å². The number of aromatic nitrogens is 2. The largest absolute Gasteiger partial charge is 0.339 e. The van der Waals surface area contributed by atoms with Gasteiger partial charge in [0.15, 0.2) is 5.82 Å². The van der Waals surface area contributed by atoms with Crippen LogP contribution in [0, 0.1) is 0 Å². The first-order valence-corrected chi connectivity index (χ1v) is 7.85. The molecule has 3 atom stereocenters. The topological polar surface area (TPSA) is 51.0 Å². The fraction of sp³-hybridized carbons (Fsp3) is 0.529. The second-order valence-electron chi connectivity index (χ2n) is 5.92. The number of rotatable bonds is 5. The summed E-state index contributed by atoms with van der Waals surface area (Å²) in [5.41, 5.74) is 2.78. The van der Waals surface area contributed by atoms with Crippen molar-refractivity contribution in [3.05, 3.63) is 47.1 Å². The molecule has 1 aliphatic rings. The van der Waals surface area contributed by atoms with Crippen LogP contribution in [0.25, 0.3) is 0 Å². The highest BCUT2D eigenvalue weighted by atomic mass is 16.5. The predicted octanol–water partition coefficient (Wildman–Crippen LogP) is 3.25. The summed E-state index contributed by atoms with van der Waals surface area (Å²) in [4.78, 5) is 4.68. The summed E-state index contributed by atoms with van der Waals surface area (Å²) in [6.45, 7) is 7.34. The van der Waals surface area contributed by atoms with E-state index in [-0.39, 0.29) is 5.92 Å². The van der Waals surface area contributed by atoms with Crippen LogP contribution in [0.3, 0.4) is 0 Å². The molecule has 1 N–H and O–H groups in total. The molecule has 2 aromatic rings. The Hall–Kier alpha value is -1.68. The van der Waals surface area contributed by atoms with E-state index in [4.69, 9.17) is 4.52 Å². The van der Waals surface area contributed by atoms with Crippen molar-refractivity contribution in [1.29, 1.82) is 0 Å². The molecule has 3 rings (SSSR count). The zero-order valence-electron chi connectivity index (χ0n) is 13.0. The summed E-state index contributed by atoms with van der Waals surface area (Å²) in [5.74, 6) is 2.09. The Kier molecular flexibility index (Phi) is 4.06. The normalized spacial score (nSPS) is 20.2. The van der Waals surface area contributed by atoms with Gasteiger partial charge in [-0.2, -0.15) is 4.98 Å². The molecule has 1 aromatic heterocycles. The quantitative estimate of drug-likeness (QED) is 0.916. The molecule has 112 valence electrons. The number of hydrogen-bond acceptors (Lipinski definition) is 4. The number of likely N-dealkylation sites (N-methyl/N-ethyl adjacent to an activating group) is 1. The van der Waals surface area contributed by atoms with Crippen molar-refractivity contribution in [3.8, 4) is 0 Å². The minimum absolute atomic E-state index is 0.225. The number of hydrogen-bond donors (Lipinski definition) is 1. The summed E-state index contributed by atoms with van der Waals surface area (Å²) in [5, 5.41) is 7.66. The lowest BCUT2D eigenvalue weighted by Gasteiger charge is -2.16. The second-order valence-corrected chi connectivity index (χ2v) is 5.92. The number of nitrogens with one attached hydrogen (secondary N) is 1. The molecule has 1 aromatic carbocycles. The highest BCUT2D eigenvalue weighted by molar-refractivity contribution is 5.38. The third-order valence-corrected chi connectivity index (χ3v) is 4.57. The van der Waals surface area contributed by atoms with E-state index < -0.39 is 0 Å². The van der Waals surface area contributed by atoms with E-state index in [2.05, 4.69) is 60.5 Å². The average Bonchev–Trinajstić information content (AvgIpc) is 3.13. The second kappa shape index (κ2) is 5.98. The Morgan fingerprint density at radius 3 is 2.95 bits per heavy atom. The minimum Gasteiger partial charge on any atom is -0.339 e. The molecule has 0 fully saturated rings. The van der Waals surface area contributed by atoms with Crippen LogP contribution in [0.15, 0.2) is 28.8 Å². The first kappa shape index (κ1) is 14.3. The zero-order valence-corrected chi connectivity index (χ0v) is 13.0. The van der Waals surface area contributed by atoms with Gasteiger partial charge in [-0.05, 0) is 37.4 Å². The summed E-state index contributed by atoms with van der Waals surface area (Å²) in [6, 6.07) is 8.91. The van der Waals surface area contributed by atoms with Crippen molar-refractivity contribution in [2.75, 3.05) is 6.54 Å². The van der Waals surface area contributed by atoms with Gasteiger partial charge in [-0.15, -0.1) is 0 Å². The molecule has 21 heavy (non-hydrogen) atoms. The Morgan fingerprint density at radius 1 is 1.33 bits per heavy atom. The predicted molar refractivity (Wildman–Crippen MR) is 82.5 cm³/mol. The summed E-state index contributed by atoms with van der Waals surface area (Å²) >= 11 is 0. The molecule has 0 bridgehead atoms. The minimum atomic E-state index is 0.225. The Labute approximate surface area is 126 Å². The third kappa shape index (κ3) is 2.72. The Bertz CT molecular complexity index is 608. The Morgan fingerprint density at radius 2 is 2.14 bits per heavy atom. The zero-order chi connectivity index (χ0) is 14.8. The molecule has 4 nitrogen and oxygen atoms in total. The standard InChI is InChI=1S/C17H23N3O/c1-4-18-12(3)11(2)17-19-16(20-21-17)15-10-9-13-7-5-6-8-14(13)15/h5-8,11-12,15,18H,4,9-10H2,1-3H3. The molecule has 4 heteroatoms. The lowest BCUT2D eigenvalue weighted by Crippen LogP contribution is -2.30. The molecular formula is C17H23N3O. The van der Waals surface area contributed by atoms with Crippen LogP contribution in [-0.4, -0.2) is 22.7 Å². The maximum Gasteiger partial charge on any atom is 0.231 e. The molecule has 0 spiro atoms. The van der Waals surface area contributed by atoms with Crippen LogP contribution in [0.2, 0.25) is 0 Å². The maximum absolute atomic E-state index is 5.52.